The fraction of sp³-hybridized carbons (Fsp3) is 0.250. The Balaban J connectivity index is 2.62. The Morgan fingerprint density at radius 1 is 1.28 bits per heavy atom. The molecule has 3 N–H and O–H groups in total. The minimum Gasteiger partial charge on any atom is -0.394 e. The minimum absolute atomic E-state index is 0.235. The van der Waals surface area contributed by atoms with Crippen LogP contribution < -0.4 is 10.6 Å². The van der Waals surface area contributed by atoms with Crippen molar-refractivity contribution >= 4 is 11.8 Å². The zero-order valence-electron chi connectivity index (χ0n) is 9.59. The Labute approximate surface area is 104 Å². The molecule has 0 heterocycles. The first-order valence-corrected chi connectivity index (χ1v) is 5.30. The summed E-state index contributed by atoms with van der Waals surface area (Å²) in [5.41, 5.74) is 0.696. The molecule has 0 saturated carbocycles. The Morgan fingerprint density at radius 2 is 1.94 bits per heavy atom. The van der Waals surface area contributed by atoms with Crippen LogP contribution in [-0.4, -0.2) is 30.1 Å². The molecule has 1 aromatic carbocycles. The number of carbonyl (C=O) groups excluding carboxylic acids is 2. The summed E-state index contributed by atoms with van der Waals surface area (Å²) >= 11 is 0. The summed E-state index contributed by atoms with van der Waals surface area (Å²) in [5, 5.41) is 22.0. The SMILES string of the molecule is N#CCNC(=O)C(=O)N[C@H](CO)c1ccccc1. The molecule has 94 valence electrons. The van der Waals surface area contributed by atoms with E-state index in [0.717, 1.165) is 0 Å². The third-order valence-corrected chi connectivity index (χ3v) is 2.22. The molecule has 1 aromatic rings. The third kappa shape index (κ3) is 3.88. The number of nitrogens with one attached hydrogen (secondary N) is 2. The molecule has 0 unspecified atom stereocenters. The lowest BCUT2D eigenvalue weighted by Crippen LogP contribution is -2.42. The zero-order chi connectivity index (χ0) is 13.4. The van der Waals surface area contributed by atoms with Crippen molar-refractivity contribution in [3.05, 3.63) is 35.9 Å². The standard InChI is InChI=1S/C12H13N3O3/c13-6-7-14-11(17)12(18)15-10(8-16)9-4-2-1-3-5-9/h1-5,10,16H,7-8H2,(H,14,17)(H,15,18)/t10-/m1/s1. The molecule has 18 heavy (non-hydrogen) atoms. The van der Waals surface area contributed by atoms with Crippen LogP contribution in [0.4, 0.5) is 0 Å². The first-order valence-electron chi connectivity index (χ1n) is 5.30. The van der Waals surface area contributed by atoms with Crippen LogP contribution in [-0.2, 0) is 9.59 Å². The maximum atomic E-state index is 11.4. The average Bonchev–Trinajstić information content (AvgIpc) is 2.42. The van der Waals surface area contributed by atoms with Gasteiger partial charge in [-0.25, -0.2) is 0 Å². The van der Waals surface area contributed by atoms with E-state index in [2.05, 4.69) is 10.6 Å². The summed E-state index contributed by atoms with van der Waals surface area (Å²) in [6.45, 7) is -0.553. The van der Waals surface area contributed by atoms with Gasteiger partial charge in [-0.3, -0.25) is 9.59 Å². The van der Waals surface area contributed by atoms with Crippen LogP contribution in [0.25, 0.3) is 0 Å². The van der Waals surface area contributed by atoms with Crippen molar-refractivity contribution in [3.8, 4) is 6.07 Å². The fourth-order valence-corrected chi connectivity index (χ4v) is 1.34. The lowest BCUT2D eigenvalue weighted by molar-refractivity contribution is -0.139. The largest absolute Gasteiger partial charge is 0.394 e. The average molecular weight is 247 g/mol. The van der Waals surface area contributed by atoms with Crippen molar-refractivity contribution in [2.24, 2.45) is 0 Å². The zero-order valence-corrected chi connectivity index (χ0v) is 9.59. The lowest BCUT2D eigenvalue weighted by Gasteiger charge is -2.15. The van der Waals surface area contributed by atoms with Crippen LogP contribution in [0.2, 0.25) is 0 Å². The number of nitrogens with zero attached hydrogens (tertiary/aromatic N) is 1. The van der Waals surface area contributed by atoms with Gasteiger partial charge < -0.3 is 15.7 Å². The molecule has 2 amide bonds. The van der Waals surface area contributed by atoms with Crippen LogP contribution in [0.15, 0.2) is 30.3 Å². The first kappa shape index (κ1) is 13.7. The second-order valence-corrected chi connectivity index (χ2v) is 3.46. The van der Waals surface area contributed by atoms with E-state index in [-0.39, 0.29) is 13.2 Å². The monoisotopic (exact) mass is 247 g/mol. The van der Waals surface area contributed by atoms with Gasteiger partial charge in [0.2, 0.25) is 0 Å². The summed E-state index contributed by atoms with van der Waals surface area (Å²) in [5.74, 6) is -1.78. The smallest absolute Gasteiger partial charge is 0.310 e. The molecule has 0 aliphatic rings. The summed E-state index contributed by atoms with van der Waals surface area (Å²) in [6, 6.07) is 9.84. The predicted octanol–water partition coefficient (Wildman–Crippen LogP) is -0.524. The Kier molecular flexibility index (Phi) is 5.35. The molecular formula is C12H13N3O3. The summed E-state index contributed by atoms with van der Waals surface area (Å²) in [6.07, 6.45) is 0. The number of amides is 2. The molecule has 1 atom stereocenters. The highest BCUT2D eigenvalue weighted by atomic mass is 16.3. The molecule has 0 radical (unpaired) electrons. The van der Waals surface area contributed by atoms with Crippen molar-refractivity contribution in [1.29, 1.82) is 5.26 Å². The maximum Gasteiger partial charge on any atom is 0.310 e. The molecule has 6 nitrogen and oxygen atoms in total. The van der Waals surface area contributed by atoms with Gasteiger partial charge in [0.05, 0.1) is 18.7 Å². The van der Waals surface area contributed by atoms with Crippen LogP contribution in [0, 0.1) is 11.3 Å². The van der Waals surface area contributed by atoms with Crippen LogP contribution in [0.5, 0.6) is 0 Å². The van der Waals surface area contributed by atoms with Gasteiger partial charge in [0, 0.05) is 0 Å². The van der Waals surface area contributed by atoms with Gasteiger partial charge in [-0.1, -0.05) is 30.3 Å². The molecular weight excluding hydrogens is 234 g/mol. The molecule has 0 bridgehead atoms. The Morgan fingerprint density at radius 3 is 2.50 bits per heavy atom. The van der Waals surface area contributed by atoms with Gasteiger partial charge in [0.1, 0.15) is 6.54 Å². The van der Waals surface area contributed by atoms with Crippen LogP contribution in [0.1, 0.15) is 11.6 Å². The summed E-state index contributed by atoms with van der Waals surface area (Å²) < 4.78 is 0. The van der Waals surface area contributed by atoms with Crippen molar-refractivity contribution in [2.75, 3.05) is 13.2 Å². The topological polar surface area (TPSA) is 102 Å². The van der Waals surface area contributed by atoms with Gasteiger partial charge >= 0.3 is 11.8 Å². The highest BCUT2D eigenvalue weighted by Crippen LogP contribution is 2.10. The van der Waals surface area contributed by atoms with E-state index >= 15 is 0 Å². The summed E-state index contributed by atoms with van der Waals surface area (Å²) in [4.78, 5) is 22.7. The number of hydrogen-bond acceptors (Lipinski definition) is 4. The molecule has 0 aromatic heterocycles. The lowest BCUT2D eigenvalue weighted by atomic mass is 10.1. The molecule has 0 spiro atoms. The summed E-state index contributed by atoms with van der Waals surface area (Å²) in [7, 11) is 0. The van der Waals surface area contributed by atoms with Crippen molar-refractivity contribution in [1.82, 2.24) is 10.6 Å². The Bertz CT molecular complexity index is 453. The predicted molar refractivity (Wildman–Crippen MR) is 63.0 cm³/mol. The molecule has 0 aliphatic carbocycles. The fourth-order valence-electron chi connectivity index (χ4n) is 1.34. The molecule has 6 heteroatoms. The number of carbonyl (C=O) groups is 2. The van der Waals surface area contributed by atoms with Gasteiger partial charge in [0.15, 0.2) is 0 Å². The molecule has 0 saturated heterocycles. The number of benzene rings is 1. The van der Waals surface area contributed by atoms with E-state index < -0.39 is 17.9 Å². The molecule has 0 fully saturated rings. The molecule has 1 rings (SSSR count). The number of nitriles is 1. The van der Waals surface area contributed by atoms with Crippen LogP contribution >= 0.6 is 0 Å². The van der Waals surface area contributed by atoms with Gasteiger partial charge in [0.25, 0.3) is 0 Å². The third-order valence-electron chi connectivity index (χ3n) is 2.22. The normalized spacial score (nSPS) is 11.1. The van der Waals surface area contributed by atoms with Crippen LogP contribution in [0.3, 0.4) is 0 Å². The van der Waals surface area contributed by atoms with E-state index in [4.69, 9.17) is 5.26 Å². The second kappa shape index (κ2) is 7.04. The van der Waals surface area contributed by atoms with E-state index in [1.165, 1.54) is 0 Å². The van der Waals surface area contributed by atoms with E-state index in [1.54, 1.807) is 36.4 Å². The highest BCUT2D eigenvalue weighted by Gasteiger charge is 2.18. The van der Waals surface area contributed by atoms with Gasteiger partial charge in [-0.05, 0) is 5.56 Å². The van der Waals surface area contributed by atoms with E-state index in [9.17, 15) is 14.7 Å². The quantitative estimate of drug-likeness (QED) is 0.492. The van der Waals surface area contributed by atoms with E-state index in [0.29, 0.717) is 5.56 Å². The number of aliphatic hydroxyl groups excluding tert-OH is 1. The minimum atomic E-state index is -0.897. The Hall–Kier alpha value is -2.39. The van der Waals surface area contributed by atoms with Crippen molar-refractivity contribution in [2.45, 2.75) is 6.04 Å². The first-order chi connectivity index (χ1) is 8.69. The van der Waals surface area contributed by atoms with Crippen molar-refractivity contribution in [3.63, 3.8) is 0 Å². The number of rotatable bonds is 4. The van der Waals surface area contributed by atoms with Gasteiger partial charge in [-0.15, -0.1) is 0 Å². The maximum absolute atomic E-state index is 11.4. The molecule has 0 aliphatic heterocycles. The second-order valence-electron chi connectivity index (χ2n) is 3.46. The highest BCUT2D eigenvalue weighted by molar-refractivity contribution is 6.35. The van der Waals surface area contributed by atoms with Crippen molar-refractivity contribution < 1.29 is 14.7 Å². The van der Waals surface area contributed by atoms with E-state index in [1.807, 2.05) is 0 Å². The number of aliphatic hydroxyl groups is 1. The number of hydrogen-bond donors (Lipinski definition) is 3. The van der Waals surface area contributed by atoms with Gasteiger partial charge in [-0.2, -0.15) is 5.26 Å².